The molecule has 0 fully saturated rings. The molecule has 1 N–H and O–H groups in total. The van der Waals surface area contributed by atoms with E-state index in [0.717, 1.165) is 21.6 Å². The first-order valence-electron chi connectivity index (χ1n) is 4.55. The van der Waals surface area contributed by atoms with Crippen molar-refractivity contribution in [2.24, 2.45) is 0 Å². The van der Waals surface area contributed by atoms with Gasteiger partial charge >= 0.3 is 0 Å². The molecule has 0 bridgehead atoms. The van der Waals surface area contributed by atoms with Crippen molar-refractivity contribution in [3.63, 3.8) is 0 Å². The summed E-state index contributed by atoms with van der Waals surface area (Å²) in [5, 5.41) is 9.63. The van der Waals surface area contributed by atoms with Crippen molar-refractivity contribution in [2.75, 3.05) is 0 Å². The average Bonchev–Trinajstić information content (AvgIpc) is 2.60. The number of hydrogen-bond donors (Lipinski definition) is 1. The normalized spacial score (nSPS) is 10.6. The first kappa shape index (κ1) is 10.6. The van der Waals surface area contributed by atoms with Gasteiger partial charge < -0.3 is 5.11 Å². The van der Waals surface area contributed by atoms with Gasteiger partial charge in [0, 0.05) is 5.56 Å². The van der Waals surface area contributed by atoms with E-state index in [0.29, 0.717) is 5.15 Å². The quantitative estimate of drug-likeness (QED) is 0.873. The highest BCUT2D eigenvalue weighted by Crippen LogP contribution is 2.34. The molecule has 1 heterocycles. The van der Waals surface area contributed by atoms with E-state index in [2.05, 4.69) is 4.37 Å². The molecule has 0 saturated heterocycles. The van der Waals surface area contributed by atoms with E-state index >= 15 is 0 Å². The Morgan fingerprint density at radius 1 is 1.40 bits per heavy atom. The minimum absolute atomic E-state index is 0.0704. The fourth-order valence-corrected chi connectivity index (χ4v) is 2.66. The Kier molecular flexibility index (Phi) is 3.05. The van der Waals surface area contributed by atoms with Gasteiger partial charge in [0.05, 0.1) is 11.5 Å². The summed E-state index contributed by atoms with van der Waals surface area (Å²) in [6.45, 7) is 1.96. The van der Waals surface area contributed by atoms with Gasteiger partial charge in [0.2, 0.25) is 0 Å². The molecule has 0 radical (unpaired) electrons. The molecule has 78 valence electrons. The number of aryl methyl sites for hydroxylation is 1. The Morgan fingerprint density at radius 2 is 2.13 bits per heavy atom. The molecule has 15 heavy (non-hydrogen) atoms. The van der Waals surface area contributed by atoms with E-state index in [9.17, 15) is 5.11 Å². The summed E-state index contributed by atoms with van der Waals surface area (Å²) < 4.78 is 4.05. The van der Waals surface area contributed by atoms with Crippen LogP contribution in [0.3, 0.4) is 0 Å². The van der Waals surface area contributed by atoms with Gasteiger partial charge in [0.1, 0.15) is 5.15 Å². The van der Waals surface area contributed by atoms with Crippen LogP contribution in [0.25, 0.3) is 10.4 Å². The lowest BCUT2D eigenvalue weighted by Gasteiger charge is -2.03. The van der Waals surface area contributed by atoms with Crippen molar-refractivity contribution in [3.8, 4) is 10.4 Å². The highest BCUT2D eigenvalue weighted by molar-refractivity contribution is 7.10. The number of rotatable bonds is 2. The molecule has 2 nitrogen and oxygen atoms in total. The molecule has 0 aliphatic carbocycles. The number of hydrogen-bond acceptors (Lipinski definition) is 3. The highest BCUT2D eigenvalue weighted by Gasteiger charge is 2.13. The molecule has 0 atom stereocenters. The van der Waals surface area contributed by atoms with Crippen molar-refractivity contribution in [3.05, 3.63) is 40.5 Å². The molecule has 0 amide bonds. The van der Waals surface area contributed by atoms with E-state index in [1.807, 2.05) is 31.2 Å². The molecule has 2 aromatic rings. The summed E-state index contributed by atoms with van der Waals surface area (Å²) in [6.07, 6.45) is 0. The molecule has 2 rings (SSSR count). The van der Waals surface area contributed by atoms with Crippen LogP contribution in [0, 0.1) is 6.92 Å². The van der Waals surface area contributed by atoms with Crippen LogP contribution >= 0.6 is 23.1 Å². The van der Waals surface area contributed by atoms with Crippen LogP contribution in [-0.4, -0.2) is 9.48 Å². The Balaban J connectivity index is 2.59. The van der Waals surface area contributed by atoms with Gasteiger partial charge in [0.25, 0.3) is 0 Å². The zero-order valence-corrected chi connectivity index (χ0v) is 9.77. The van der Waals surface area contributed by atoms with Gasteiger partial charge in [-0.2, -0.15) is 4.37 Å². The zero-order valence-electron chi connectivity index (χ0n) is 8.20. The Bertz CT molecular complexity index is 481. The van der Waals surface area contributed by atoms with E-state index in [1.54, 1.807) is 0 Å². The van der Waals surface area contributed by atoms with Gasteiger partial charge in [-0.1, -0.05) is 35.9 Å². The second kappa shape index (κ2) is 4.31. The topological polar surface area (TPSA) is 33.1 Å². The number of aromatic nitrogens is 1. The summed E-state index contributed by atoms with van der Waals surface area (Å²) in [5.74, 6) is 0. The van der Waals surface area contributed by atoms with Gasteiger partial charge in [-0.05, 0) is 29.6 Å². The zero-order chi connectivity index (χ0) is 10.8. The van der Waals surface area contributed by atoms with E-state index in [1.165, 1.54) is 11.5 Å². The van der Waals surface area contributed by atoms with Crippen LogP contribution in [0.4, 0.5) is 0 Å². The third kappa shape index (κ3) is 1.91. The van der Waals surface area contributed by atoms with Crippen LogP contribution in [0.2, 0.25) is 5.15 Å². The number of benzene rings is 1. The van der Waals surface area contributed by atoms with Crippen LogP contribution in [-0.2, 0) is 6.61 Å². The van der Waals surface area contributed by atoms with Gasteiger partial charge in [0.15, 0.2) is 0 Å². The summed E-state index contributed by atoms with van der Waals surface area (Å²) in [6, 6.07) is 8.00. The third-order valence-corrected chi connectivity index (χ3v) is 3.62. The van der Waals surface area contributed by atoms with Crippen molar-refractivity contribution in [2.45, 2.75) is 13.5 Å². The second-order valence-electron chi connectivity index (χ2n) is 3.25. The minimum Gasteiger partial charge on any atom is -0.392 e. The molecule has 0 unspecified atom stereocenters. The molecule has 4 heteroatoms. The summed E-state index contributed by atoms with van der Waals surface area (Å²) in [7, 11) is 0. The number of nitrogens with zero attached hydrogens (tertiary/aromatic N) is 1. The SMILES string of the molecule is Cc1ccccc1-c1snc(Cl)c1CO. The lowest BCUT2D eigenvalue weighted by Crippen LogP contribution is -1.86. The Hall–Kier alpha value is -0.900. The van der Waals surface area contributed by atoms with Gasteiger partial charge in [-0.3, -0.25) is 0 Å². The van der Waals surface area contributed by atoms with Gasteiger partial charge in [-0.25, -0.2) is 0 Å². The van der Waals surface area contributed by atoms with Crippen molar-refractivity contribution in [1.29, 1.82) is 0 Å². The van der Waals surface area contributed by atoms with Crippen LogP contribution in [0.1, 0.15) is 11.1 Å². The summed E-state index contributed by atoms with van der Waals surface area (Å²) >= 11 is 7.21. The van der Waals surface area contributed by atoms with Crippen LogP contribution in [0.5, 0.6) is 0 Å². The van der Waals surface area contributed by atoms with E-state index in [4.69, 9.17) is 11.6 Å². The molecule has 0 spiro atoms. The molecule has 1 aromatic carbocycles. The Labute approximate surface area is 97.3 Å². The molecule has 0 aliphatic rings. The van der Waals surface area contributed by atoms with E-state index in [-0.39, 0.29) is 6.61 Å². The first-order valence-corrected chi connectivity index (χ1v) is 5.70. The summed E-state index contributed by atoms with van der Waals surface area (Å²) in [5.41, 5.74) is 2.97. The highest BCUT2D eigenvalue weighted by atomic mass is 35.5. The second-order valence-corrected chi connectivity index (χ2v) is 4.39. The molecular weight excluding hydrogens is 230 g/mol. The van der Waals surface area contributed by atoms with Crippen molar-refractivity contribution < 1.29 is 5.11 Å². The number of aliphatic hydroxyl groups is 1. The maximum atomic E-state index is 9.22. The van der Waals surface area contributed by atoms with Gasteiger partial charge in [-0.15, -0.1) is 0 Å². The number of halogens is 1. The smallest absolute Gasteiger partial charge is 0.148 e. The largest absolute Gasteiger partial charge is 0.392 e. The standard InChI is InChI=1S/C11H10ClNOS/c1-7-4-2-3-5-8(7)10-9(6-14)11(12)13-15-10/h2-5,14H,6H2,1H3. The molecule has 1 aromatic heterocycles. The monoisotopic (exact) mass is 239 g/mol. The fraction of sp³-hybridized carbons (Fsp3) is 0.182. The lowest BCUT2D eigenvalue weighted by molar-refractivity contribution is 0.282. The maximum Gasteiger partial charge on any atom is 0.148 e. The average molecular weight is 240 g/mol. The van der Waals surface area contributed by atoms with Crippen LogP contribution in [0.15, 0.2) is 24.3 Å². The predicted octanol–water partition coefficient (Wildman–Crippen LogP) is 3.26. The fourth-order valence-electron chi connectivity index (χ4n) is 1.47. The predicted molar refractivity (Wildman–Crippen MR) is 63.2 cm³/mol. The maximum absolute atomic E-state index is 9.22. The van der Waals surface area contributed by atoms with E-state index < -0.39 is 0 Å². The van der Waals surface area contributed by atoms with Crippen molar-refractivity contribution >= 4 is 23.1 Å². The third-order valence-electron chi connectivity index (χ3n) is 2.29. The van der Waals surface area contributed by atoms with Crippen molar-refractivity contribution in [1.82, 2.24) is 4.37 Å². The molecule has 0 aliphatic heterocycles. The molecular formula is C11H10ClNOS. The first-order chi connectivity index (χ1) is 7.24. The molecule has 0 saturated carbocycles. The Morgan fingerprint density at radius 3 is 2.80 bits per heavy atom. The summed E-state index contributed by atoms with van der Waals surface area (Å²) in [4.78, 5) is 0.959. The van der Waals surface area contributed by atoms with Crippen LogP contribution < -0.4 is 0 Å². The number of aliphatic hydroxyl groups excluding tert-OH is 1. The lowest BCUT2D eigenvalue weighted by atomic mass is 10.1. The minimum atomic E-state index is -0.0704.